The summed E-state index contributed by atoms with van der Waals surface area (Å²) in [6, 6.07) is 7.89. The summed E-state index contributed by atoms with van der Waals surface area (Å²) in [5, 5.41) is 8.26. The van der Waals surface area contributed by atoms with Crippen LogP contribution >= 0.6 is 0 Å². The van der Waals surface area contributed by atoms with Gasteiger partial charge in [0.2, 0.25) is 5.91 Å². The fraction of sp³-hybridized carbons (Fsp3) is 0.550. The molecule has 0 radical (unpaired) electrons. The molecule has 3 rings (SSSR count). The Morgan fingerprint density at radius 2 is 1.96 bits per heavy atom. The highest BCUT2D eigenvalue weighted by molar-refractivity contribution is 7.91. The van der Waals surface area contributed by atoms with Crippen molar-refractivity contribution < 1.29 is 18.0 Å². The van der Waals surface area contributed by atoms with E-state index in [1.165, 1.54) is 10.6 Å². The van der Waals surface area contributed by atoms with Crippen molar-refractivity contribution in [3.63, 3.8) is 0 Å². The summed E-state index contributed by atoms with van der Waals surface area (Å²) in [5.41, 5.74) is 2.71. The third-order valence-electron chi connectivity index (χ3n) is 5.22. The van der Waals surface area contributed by atoms with Gasteiger partial charge in [-0.15, -0.1) is 0 Å². The summed E-state index contributed by atoms with van der Waals surface area (Å²) >= 11 is 0. The van der Waals surface area contributed by atoms with E-state index >= 15 is 0 Å². The molecule has 0 aliphatic carbocycles. The second-order valence-electron chi connectivity index (χ2n) is 7.74. The van der Waals surface area contributed by atoms with Crippen LogP contribution in [0.1, 0.15) is 50.2 Å². The van der Waals surface area contributed by atoms with E-state index in [9.17, 15) is 18.0 Å². The van der Waals surface area contributed by atoms with Crippen LogP contribution in [0.25, 0.3) is 0 Å². The highest BCUT2D eigenvalue weighted by Crippen LogP contribution is 2.22. The van der Waals surface area contributed by atoms with E-state index in [-0.39, 0.29) is 36.2 Å². The van der Waals surface area contributed by atoms with E-state index in [1.54, 1.807) is 0 Å². The molecule has 2 heterocycles. The van der Waals surface area contributed by atoms with Crippen LogP contribution in [0.2, 0.25) is 0 Å². The van der Waals surface area contributed by atoms with Crippen LogP contribution in [0.3, 0.4) is 0 Å². The van der Waals surface area contributed by atoms with Crippen molar-refractivity contribution in [3.8, 4) is 0 Å². The Kier molecular flexibility index (Phi) is 6.17. The number of sulfone groups is 1. The molecule has 0 aromatic heterocycles. The third kappa shape index (κ3) is 4.98. The first-order valence-corrected chi connectivity index (χ1v) is 11.5. The third-order valence-corrected chi connectivity index (χ3v) is 6.97. The fourth-order valence-corrected chi connectivity index (χ4v) is 5.17. The first kappa shape index (κ1) is 20.5. The van der Waals surface area contributed by atoms with Gasteiger partial charge in [0.15, 0.2) is 9.84 Å². The molecule has 1 aromatic rings. The maximum Gasteiger partial charge on any atom is 0.267 e. The minimum atomic E-state index is -3.12. The first-order valence-electron chi connectivity index (χ1n) is 9.72. The topological polar surface area (TPSA) is 95.9 Å². The van der Waals surface area contributed by atoms with Gasteiger partial charge in [-0.25, -0.2) is 13.4 Å². The summed E-state index contributed by atoms with van der Waals surface area (Å²) in [4.78, 5) is 24.6. The molecule has 2 aliphatic rings. The van der Waals surface area contributed by atoms with Gasteiger partial charge >= 0.3 is 0 Å². The molecule has 2 aliphatic heterocycles. The summed E-state index contributed by atoms with van der Waals surface area (Å²) < 4.78 is 23.3. The summed E-state index contributed by atoms with van der Waals surface area (Å²) in [6.07, 6.45) is 1.54. The maximum absolute atomic E-state index is 12.4. The van der Waals surface area contributed by atoms with Crippen LogP contribution in [-0.4, -0.2) is 55.0 Å². The Morgan fingerprint density at radius 1 is 1.25 bits per heavy atom. The van der Waals surface area contributed by atoms with E-state index in [1.807, 2.05) is 0 Å². The van der Waals surface area contributed by atoms with Crippen molar-refractivity contribution >= 4 is 27.4 Å². The van der Waals surface area contributed by atoms with Gasteiger partial charge in [0.05, 0.1) is 17.5 Å². The average Bonchev–Trinajstić information content (AvgIpc) is 3.02. The molecule has 8 heteroatoms. The van der Waals surface area contributed by atoms with Crippen LogP contribution in [0.15, 0.2) is 29.4 Å². The molecule has 1 unspecified atom stereocenters. The first-order chi connectivity index (χ1) is 13.2. The highest BCUT2D eigenvalue weighted by Gasteiger charge is 2.37. The van der Waals surface area contributed by atoms with Gasteiger partial charge in [-0.1, -0.05) is 38.1 Å². The largest absolute Gasteiger partial charge is 0.351 e. The second-order valence-corrected chi connectivity index (χ2v) is 9.97. The molecule has 0 bridgehead atoms. The second kappa shape index (κ2) is 8.43. The van der Waals surface area contributed by atoms with E-state index in [0.717, 1.165) is 5.56 Å². The van der Waals surface area contributed by atoms with E-state index < -0.39 is 15.9 Å². The molecule has 7 nitrogen and oxygen atoms in total. The Labute approximate surface area is 166 Å². The van der Waals surface area contributed by atoms with Gasteiger partial charge in [0.1, 0.15) is 5.71 Å². The molecular formula is C20H27N3O4S. The van der Waals surface area contributed by atoms with Crippen molar-refractivity contribution in [2.45, 2.75) is 51.5 Å². The average molecular weight is 406 g/mol. The Hall–Kier alpha value is -2.22. The number of nitrogens with one attached hydrogen (secondary N) is 1. The molecule has 1 aromatic carbocycles. The molecule has 0 saturated carbocycles. The zero-order valence-electron chi connectivity index (χ0n) is 16.3. The lowest BCUT2D eigenvalue weighted by Gasteiger charge is -2.27. The van der Waals surface area contributed by atoms with Crippen molar-refractivity contribution in [1.82, 2.24) is 10.3 Å². The smallest absolute Gasteiger partial charge is 0.267 e. The number of benzene rings is 1. The van der Waals surface area contributed by atoms with Crippen LogP contribution in [0, 0.1) is 0 Å². The molecule has 1 atom stereocenters. The molecule has 1 N–H and O–H groups in total. The zero-order chi connectivity index (χ0) is 20.3. The number of hydrogen-bond acceptors (Lipinski definition) is 5. The number of carbonyl (C=O) groups excluding carboxylic acids is 2. The van der Waals surface area contributed by atoms with E-state index in [2.05, 4.69) is 48.5 Å². The lowest BCUT2D eigenvalue weighted by molar-refractivity contribution is -0.133. The van der Waals surface area contributed by atoms with Gasteiger partial charge < -0.3 is 5.32 Å². The predicted octanol–water partition coefficient (Wildman–Crippen LogP) is 1.63. The molecule has 2 amide bonds. The Bertz CT molecular complexity index is 875. The van der Waals surface area contributed by atoms with Crippen LogP contribution in [0.4, 0.5) is 0 Å². The Morgan fingerprint density at radius 3 is 2.57 bits per heavy atom. The minimum absolute atomic E-state index is 0.0636. The molecule has 0 spiro atoms. The Balaban J connectivity index is 1.56. The quantitative estimate of drug-likeness (QED) is 0.778. The van der Waals surface area contributed by atoms with Gasteiger partial charge in [-0.2, -0.15) is 5.10 Å². The number of nitrogens with zero attached hydrogens (tertiary/aromatic N) is 2. The molecule has 152 valence electrons. The SMILES string of the molecule is CC(C)c1ccc(CCNC(=O)C2=NN(C3CCS(=O)(=O)C3)C(=O)CC2)cc1. The van der Waals surface area contributed by atoms with Crippen molar-refractivity contribution in [1.29, 1.82) is 0 Å². The molecule has 1 saturated heterocycles. The fourth-order valence-electron chi connectivity index (χ4n) is 3.48. The number of carbonyl (C=O) groups is 2. The van der Waals surface area contributed by atoms with Gasteiger partial charge in [-0.3, -0.25) is 9.59 Å². The summed E-state index contributed by atoms with van der Waals surface area (Å²) in [7, 11) is -3.12. The van der Waals surface area contributed by atoms with E-state index in [4.69, 9.17) is 0 Å². The van der Waals surface area contributed by atoms with Gasteiger partial charge in [0.25, 0.3) is 5.91 Å². The van der Waals surface area contributed by atoms with E-state index in [0.29, 0.717) is 31.0 Å². The maximum atomic E-state index is 12.4. The van der Waals surface area contributed by atoms with Crippen LogP contribution in [-0.2, 0) is 25.8 Å². The monoisotopic (exact) mass is 405 g/mol. The van der Waals surface area contributed by atoms with Crippen molar-refractivity contribution in [2.75, 3.05) is 18.1 Å². The number of hydrogen-bond donors (Lipinski definition) is 1. The number of amides is 2. The summed E-state index contributed by atoms with van der Waals surface area (Å²) in [5.74, 6) is -0.0444. The van der Waals surface area contributed by atoms with Crippen molar-refractivity contribution in [2.24, 2.45) is 5.10 Å². The van der Waals surface area contributed by atoms with Crippen molar-refractivity contribution in [3.05, 3.63) is 35.4 Å². The number of rotatable bonds is 6. The standard InChI is InChI=1S/C20H27N3O4S/c1-14(2)16-5-3-15(4-6-16)9-11-21-20(25)18-7-8-19(24)23(22-18)17-10-12-28(26,27)13-17/h3-6,14,17H,7-13H2,1-2H3,(H,21,25). The number of hydrazone groups is 1. The molecule has 28 heavy (non-hydrogen) atoms. The molecule has 1 fully saturated rings. The van der Waals surface area contributed by atoms with Gasteiger partial charge in [-0.05, 0) is 29.9 Å². The lowest BCUT2D eigenvalue weighted by Crippen LogP contribution is -2.44. The van der Waals surface area contributed by atoms with Gasteiger partial charge in [0, 0.05) is 19.4 Å². The molecular weight excluding hydrogens is 378 g/mol. The summed E-state index contributed by atoms with van der Waals surface area (Å²) in [6.45, 7) is 4.77. The lowest BCUT2D eigenvalue weighted by atomic mass is 10.0. The van der Waals surface area contributed by atoms with Crippen LogP contribution < -0.4 is 5.32 Å². The highest BCUT2D eigenvalue weighted by atomic mass is 32.2. The zero-order valence-corrected chi connectivity index (χ0v) is 17.2. The normalized spacial score (nSPS) is 21.7. The van der Waals surface area contributed by atoms with Crippen LogP contribution in [0.5, 0.6) is 0 Å². The predicted molar refractivity (Wildman–Crippen MR) is 108 cm³/mol. The minimum Gasteiger partial charge on any atom is -0.351 e.